The molecule has 0 fully saturated rings. The number of carbonyl (C=O) groups is 3. The van der Waals surface area contributed by atoms with Crippen LogP contribution in [0.3, 0.4) is 0 Å². The molecule has 7 heteroatoms. The number of hydrogen-bond donors (Lipinski definition) is 0. The summed E-state index contributed by atoms with van der Waals surface area (Å²) >= 11 is 1.70. The quantitative estimate of drug-likeness (QED) is 0.351. The van der Waals surface area contributed by atoms with E-state index in [-0.39, 0.29) is 17.7 Å². The minimum Gasteiger partial charge on any atom is -0.466 e. The molecule has 0 unspecified atom stereocenters. The predicted molar refractivity (Wildman–Crippen MR) is 91.6 cm³/mol. The second-order valence-corrected chi connectivity index (χ2v) is 6.24. The van der Waals surface area contributed by atoms with Gasteiger partial charge < -0.3 is 14.4 Å². The lowest BCUT2D eigenvalue weighted by molar-refractivity contribution is -0.143. The van der Waals surface area contributed by atoms with Gasteiger partial charge in [0.15, 0.2) is 0 Å². The summed E-state index contributed by atoms with van der Waals surface area (Å²) in [4.78, 5) is 35.9. The smallest absolute Gasteiger partial charge is 0.307 e. The van der Waals surface area contributed by atoms with Crippen LogP contribution in [0.25, 0.3) is 0 Å². The molecule has 0 aliphatic carbocycles. The van der Waals surface area contributed by atoms with Crippen LogP contribution in [0, 0.1) is 0 Å². The Morgan fingerprint density at radius 1 is 0.826 bits per heavy atom. The molecule has 0 aromatic rings. The lowest BCUT2D eigenvalue weighted by Gasteiger charge is -2.21. The molecule has 0 saturated carbocycles. The van der Waals surface area contributed by atoms with E-state index < -0.39 is 0 Å². The van der Waals surface area contributed by atoms with Gasteiger partial charge in [0, 0.05) is 37.6 Å². The van der Waals surface area contributed by atoms with Crippen molar-refractivity contribution in [3.05, 3.63) is 0 Å². The maximum absolute atomic E-state index is 11.5. The van der Waals surface area contributed by atoms with Crippen LogP contribution in [0.2, 0.25) is 0 Å². The molecule has 0 radical (unpaired) electrons. The molecule has 0 aliphatic rings. The minimum absolute atomic E-state index is 0.193. The van der Waals surface area contributed by atoms with Gasteiger partial charge in [-0.15, -0.1) is 0 Å². The highest BCUT2D eigenvalue weighted by atomic mass is 32.2. The maximum atomic E-state index is 11.5. The zero-order valence-electron chi connectivity index (χ0n) is 14.5. The van der Waals surface area contributed by atoms with Gasteiger partial charge in [-0.2, -0.15) is 11.8 Å². The van der Waals surface area contributed by atoms with Crippen molar-refractivity contribution >= 4 is 29.5 Å². The van der Waals surface area contributed by atoms with Crippen molar-refractivity contribution in [3.63, 3.8) is 0 Å². The number of Topliss-reactive ketones (excluding diaryl/α,β-unsaturated/α-hetero) is 1. The summed E-state index contributed by atoms with van der Waals surface area (Å²) in [6.45, 7) is 7.79. The van der Waals surface area contributed by atoms with E-state index >= 15 is 0 Å². The number of thioether (sulfide) groups is 1. The Hall–Kier alpha value is -1.08. The highest BCUT2D eigenvalue weighted by Gasteiger charge is 2.11. The van der Waals surface area contributed by atoms with Crippen LogP contribution in [-0.4, -0.2) is 67.0 Å². The normalized spacial score (nSPS) is 10.6. The van der Waals surface area contributed by atoms with Crippen molar-refractivity contribution in [1.82, 2.24) is 4.90 Å². The standard InChI is InChI=1S/C16H29NO5S/c1-4-21-15(19)6-9-17(10-7-16(20)22-5-2)11-13-23-12-8-14(3)18/h4-13H2,1-3H3. The fraction of sp³-hybridized carbons (Fsp3) is 0.812. The van der Waals surface area contributed by atoms with Crippen molar-refractivity contribution in [2.75, 3.05) is 44.4 Å². The Morgan fingerprint density at radius 2 is 1.35 bits per heavy atom. The second kappa shape index (κ2) is 14.5. The third-order valence-electron chi connectivity index (χ3n) is 3.03. The molecule has 0 atom stereocenters. The van der Waals surface area contributed by atoms with Crippen LogP contribution in [0.15, 0.2) is 0 Å². The van der Waals surface area contributed by atoms with Gasteiger partial charge in [-0.25, -0.2) is 0 Å². The predicted octanol–water partition coefficient (Wildman–Crippen LogP) is 1.91. The fourth-order valence-electron chi connectivity index (χ4n) is 1.81. The Labute approximate surface area is 143 Å². The first kappa shape index (κ1) is 21.9. The zero-order valence-corrected chi connectivity index (χ0v) is 15.3. The summed E-state index contributed by atoms with van der Waals surface area (Å²) in [5.41, 5.74) is 0. The van der Waals surface area contributed by atoms with Gasteiger partial charge in [0.25, 0.3) is 0 Å². The van der Waals surface area contributed by atoms with Gasteiger partial charge >= 0.3 is 11.9 Å². The molecule has 0 amide bonds. The Kier molecular flexibility index (Phi) is 13.8. The summed E-state index contributed by atoms with van der Waals surface area (Å²) < 4.78 is 9.85. The molecule has 0 heterocycles. The highest BCUT2D eigenvalue weighted by Crippen LogP contribution is 2.06. The average Bonchev–Trinajstić information content (AvgIpc) is 2.49. The lowest BCUT2D eigenvalue weighted by atomic mass is 10.3. The Balaban J connectivity index is 4.12. The zero-order chi connectivity index (χ0) is 17.5. The summed E-state index contributed by atoms with van der Waals surface area (Å²) in [5.74, 6) is 1.41. The number of ether oxygens (including phenoxy) is 2. The summed E-state index contributed by atoms with van der Waals surface area (Å²) in [6.07, 6.45) is 1.21. The third-order valence-corrected chi connectivity index (χ3v) is 3.99. The first-order valence-electron chi connectivity index (χ1n) is 8.10. The van der Waals surface area contributed by atoms with E-state index in [1.807, 2.05) is 0 Å². The van der Waals surface area contributed by atoms with Crippen molar-refractivity contribution in [2.45, 2.75) is 40.0 Å². The van der Waals surface area contributed by atoms with E-state index in [2.05, 4.69) is 4.90 Å². The molecule has 6 nitrogen and oxygen atoms in total. The molecule has 134 valence electrons. The Bertz CT molecular complexity index is 340. The van der Waals surface area contributed by atoms with Gasteiger partial charge in [-0.3, -0.25) is 14.4 Å². The number of esters is 2. The minimum atomic E-state index is -0.224. The molecule has 23 heavy (non-hydrogen) atoms. The number of carbonyl (C=O) groups excluding carboxylic acids is 3. The molecule has 0 aromatic carbocycles. The summed E-state index contributed by atoms with van der Waals surface area (Å²) in [6, 6.07) is 0. The molecule has 0 aromatic heterocycles. The van der Waals surface area contributed by atoms with Gasteiger partial charge in [0.05, 0.1) is 26.1 Å². The second-order valence-electron chi connectivity index (χ2n) is 5.02. The largest absolute Gasteiger partial charge is 0.466 e. The van der Waals surface area contributed by atoms with Crippen LogP contribution in [0.1, 0.15) is 40.0 Å². The van der Waals surface area contributed by atoms with Gasteiger partial charge in [-0.1, -0.05) is 0 Å². The van der Waals surface area contributed by atoms with E-state index in [0.29, 0.717) is 45.6 Å². The van der Waals surface area contributed by atoms with E-state index in [9.17, 15) is 14.4 Å². The van der Waals surface area contributed by atoms with Gasteiger partial charge in [0.2, 0.25) is 0 Å². The highest BCUT2D eigenvalue weighted by molar-refractivity contribution is 7.99. The number of nitrogens with zero attached hydrogens (tertiary/aromatic N) is 1. The molecule has 0 N–H and O–H groups in total. The van der Waals surface area contributed by atoms with Crippen molar-refractivity contribution in [3.8, 4) is 0 Å². The van der Waals surface area contributed by atoms with Crippen molar-refractivity contribution < 1.29 is 23.9 Å². The number of rotatable bonds is 14. The van der Waals surface area contributed by atoms with E-state index in [0.717, 1.165) is 18.1 Å². The average molecular weight is 347 g/mol. The molecule has 0 rings (SSSR count). The van der Waals surface area contributed by atoms with Gasteiger partial charge in [0.1, 0.15) is 5.78 Å². The SMILES string of the molecule is CCOC(=O)CCN(CCSCCC(C)=O)CCC(=O)OCC. The van der Waals surface area contributed by atoms with Crippen LogP contribution in [-0.2, 0) is 23.9 Å². The Morgan fingerprint density at radius 3 is 1.78 bits per heavy atom. The lowest BCUT2D eigenvalue weighted by Crippen LogP contribution is -2.31. The summed E-state index contributed by atoms with van der Waals surface area (Å²) in [7, 11) is 0. The summed E-state index contributed by atoms with van der Waals surface area (Å²) in [5, 5.41) is 0. The van der Waals surface area contributed by atoms with Gasteiger partial charge in [-0.05, 0) is 20.8 Å². The maximum Gasteiger partial charge on any atom is 0.307 e. The van der Waals surface area contributed by atoms with Crippen molar-refractivity contribution in [2.24, 2.45) is 0 Å². The van der Waals surface area contributed by atoms with Crippen LogP contribution >= 0.6 is 11.8 Å². The molecular formula is C16H29NO5S. The topological polar surface area (TPSA) is 72.9 Å². The van der Waals surface area contributed by atoms with Crippen LogP contribution in [0.4, 0.5) is 0 Å². The van der Waals surface area contributed by atoms with Crippen LogP contribution < -0.4 is 0 Å². The van der Waals surface area contributed by atoms with Crippen LogP contribution in [0.5, 0.6) is 0 Å². The molecule has 0 bridgehead atoms. The fourth-order valence-corrected chi connectivity index (χ4v) is 2.84. The van der Waals surface area contributed by atoms with Crippen molar-refractivity contribution in [1.29, 1.82) is 0 Å². The van der Waals surface area contributed by atoms with E-state index in [4.69, 9.17) is 9.47 Å². The molecular weight excluding hydrogens is 318 g/mol. The molecule has 0 aliphatic heterocycles. The monoisotopic (exact) mass is 347 g/mol. The first-order chi connectivity index (χ1) is 11.0. The van der Waals surface area contributed by atoms with E-state index in [1.165, 1.54) is 0 Å². The third kappa shape index (κ3) is 14.3. The first-order valence-corrected chi connectivity index (χ1v) is 9.25. The number of hydrogen-bond acceptors (Lipinski definition) is 7. The molecule has 0 saturated heterocycles. The number of ketones is 1. The van der Waals surface area contributed by atoms with E-state index in [1.54, 1.807) is 32.5 Å². The molecule has 0 spiro atoms.